The van der Waals surface area contributed by atoms with Crippen LogP contribution in [0.2, 0.25) is 0 Å². The van der Waals surface area contributed by atoms with E-state index in [1.54, 1.807) is 0 Å². The summed E-state index contributed by atoms with van der Waals surface area (Å²) in [5, 5.41) is 1.10. The Labute approximate surface area is 96.7 Å². The third-order valence-electron chi connectivity index (χ3n) is 3.62. The lowest BCUT2D eigenvalue weighted by Crippen LogP contribution is -2.30. The van der Waals surface area contributed by atoms with Gasteiger partial charge in [0.15, 0.2) is 0 Å². The van der Waals surface area contributed by atoms with Crippen LogP contribution in [0.15, 0.2) is 0 Å². The monoisotopic (exact) mass is 262 g/mol. The van der Waals surface area contributed by atoms with Gasteiger partial charge in [0.2, 0.25) is 0 Å². The van der Waals surface area contributed by atoms with Crippen LogP contribution in [0.5, 0.6) is 0 Å². The van der Waals surface area contributed by atoms with Gasteiger partial charge >= 0.3 is 0 Å². The standard InChI is InChI=1S/C12H23BrO/c1-3-4-5-6-7-12(10-13)8-9-14-11(12)2/h11H,3-10H2,1-2H3. The van der Waals surface area contributed by atoms with Gasteiger partial charge in [-0.1, -0.05) is 48.5 Å². The number of rotatable bonds is 6. The molecule has 1 nitrogen and oxygen atoms in total. The van der Waals surface area contributed by atoms with Gasteiger partial charge in [-0.3, -0.25) is 0 Å². The molecule has 0 radical (unpaired) electrons. The van der Waals surface area contributed by atoms with Crippen LogP contribution in [0.1, 0.15) is 52.4 Å². The van der Waals surface area contributed by atoms with Gasteiger partial charge in [-0.25, -0.2) is 0 Å². The zero-order valence-electron chi connectivity index (χ0n) is 9.52. The Hall–Kier alpha value is 0.440. The van der Waals surface area contributed by atoms with Crippen molar-refractivity contribution >= 4 is 15.9 Å². The number of alkyl halides is 1. The summed E-state index contributed by atoms with van der Waals surface area (Å²) >= 11 is 3.66. The molecule has 2 atom stereocenters. The van der Waals surface area contributed by atoms with E-state index in [2.05, 4.69) is 29.8 Å². The van der Waals surface area contributed by atoms with Gasteiger partial charge in [0.05, 0.1) is 6.10 Å². The van der Waals surface area contributed by atoms with Gasteiger partial charge in [0, 0.05) is 17.4 Å². The molecule has 84 valence electrons. The molecule has 2 unspecified atom stereocenters. The number of ether oxygens (including phenoxy) is 1. The molecule has 0 amide bonds. The summed E-state index contributed by atoms with van der Waals surface area (Å²) in [6.07, 6.45) is 8.49. The minimum atomic E-state index is 0.438. The summed E-state index contributed by atoms with van der Waals surface area (Å²) in [6.45, 7) is 5.45. The average Bonchev–Trinajstić information content (AvgIpc) is 2.56. The van der Waals surface area contributed by atoms with Crippen molar-refractivity contribution in [3.8, 4) is 0 Å². The Morgan fingerprint density at radius 3 is 2.64 bits per heavy atom. The van der Waals surface area contributed by atoms with Crippen LogP contribution in [0.4, 0.5) is 0 Å². The minimum absolute atomic E-state index is 0.438. The first-order chi connectivity index (χ1) is 6.75. The summed E-state index contributed by atoms with van der Waals surface area (Å²) in [7, 11) is 0. The predicted molar refractivity (Wildman–Crippen MR) is 65.0 cm³/mol. The van der Waals surface area contributed by atoms with E-state index in [0.29, 0.717) is 11.5 Å². The Morgan fingerprint density at radius 1 is 1.36 bits per heavy atom. The largest absolute Gasteiger partial charge is 0.378 e. The summed E-state index contributed by atoms with van der Waals surface area (Å²) in [6, 6.07) is 0. The molecule has 1 rings (SSSR count). The van der Waals surface area contributed by atoms with Gasteiger partial charge < -0.3 is 4.74 Å². The van der Waals surface area contributed by atoms with Crippen LogP contribution in [-0.4, -0.2) is 18.0 Å². The van der Waals surface area contributed by atoms with Gasteiger partial charge in [0.25, 0.3) is 0 Å². The lowest BCUT2D eigenvalue weighted by Gasteiger charge is -2.30. The molecule has 2 heteroatoms. The maximum Gasteiger partial charge on any atom is 0.0612 e. The Balaban J connectivity index is 2.30. The van der Waals surface area contributed by atoms with Gasteiger partial charge in [-0.05, 0) is 19.8 Å². The molecule has 0 saturated carbocycles. The quantitative estimate of drug-likeness (QED) is 0.516. The van der Waals surface area contributed by atoms with E-state index in [1.165, 1.54) is 38.5 Å². The van der Waals surface area contributed by atoms with Crippen molar-refractivity contribution in [2.75, 3.05) is 11.9 Å². The van der Waals surface area contributed by atoms with E-state index in [9.17, 15) is 0 Å². The molecule has 1 saturated heterocycles. The predicted octanol–water partition coefficient (Wildman–Crippen LogP) is 4.15. The minimum Gasteiger partial charge on any atom is -0.378 e. The number of unbranched alkanes of at least 4 members (excludes halogenated alkanes) is 3. The first kappa shape index (κ1) is 12.5. The van der Waals surface area contributed by atoms with Crippen molar-refractivity contribution < 1.29 is 4.74 Å². The fourth-order valence-electron chi connectivity index (χ4n) is 2.29. The molecule has 1 fully saturated rings. The maximum atomic E-state index is 5.69. The molecule has 0 bridgehead atoms. The molecular formula is C12H23BrO. The zero-order valence-corrected chi connectivity index (χ0v) is 11.1. The molecule has 1 heterocycles. The van der Waals surface area contributed by atoms with Crippen LogP contribution in [0.3, 0.4) is 0 Å². The number of halogens is 1. The normalized spacial score (nSPS) is 32.4. The second kappa shape index (κ2) is 6.12. The molecule has 0 spiro atoms. The average molecular weight is 263 g/mol. The number of hydrogen-bond acceptors (Lipinski definition) is 1. The molecular weight excluding hydrogens is 240 g/mol. The Morgan fingerprint density at radius 2 is 2.14 bits per heavy atom. The van der Waals surface area contributed by atoms with E-state index < -0.39 is 0 Å². The highest BCUT2D eigenvalue weighted by atomic mass is 79.9. The van der Waals surface area contributed by atoms with Crippen molar-refractivity contribution in [1.29, 1.82) is 0 Å². The summed E-state index contributed by atoms with van der Waals surface area (Å²) < 4.78 is 5.69. The van der Waals surface area contributed by atoms with Crippen molar-refractivity contribution in [3.63, 3.8) is 0 Å². The first-order valence-electron chi connectivity index (χ1n) is 5.93. The lowest BCUT2D eigenvalue weighted by molar-refractivity contribution is 0.0694. The van der Waals surface area contributed by atoms with E-state index in [1.807, 2.05) is 0 Å². The summed E-state index contributed by atoms with van der Waals surface area (Å²) in [5.41, 5.74) is 0.438. The molecule has 0 aromatic carbocycles. The van der Waals surface area contributed by atoms with E-state index >= 15 is 0 Å². The summed E-state index contributed by atoms with van der Waals surface area (Å²) in [5.74, 6) is 0. The molecule has 14 heavy (non-hydrogen) atoms. The molecule has 1 aliphatic rings. The van der Waals surface area contributed by atoms with Gasteiger partial charge in [0.1, 0.15) is 0 Å². The lowest BCUT2D eigenvalue weighted by atomic mass is 9.79. The topological polar surface area (TPSA) is 9.23 Å². The fourth-order valence-corrected chi connectivity index (χ4v) is 3.31. The third kappa shape index (κ3) is 2.96. The Bertz CT molecular complexity index is 160. The second-order valence-corrected chi connectivity index (χ2v) is 5.13. The molecule has 0 aromatic rings. The van der Waals surface area contributed by atoms with E-state index in [-0.39, 0.29) is 0 Å². The highest BCUT2D eigenvalue weighted by Gasteiger charge is 2.39. The highest BCUT2D eigenvalue weighted by molar-refractivity contribution is 9.09. The molecule has 0 aliphatic carbocycles. The molecule has 0 N–H and O–H groups in total. The van der Waals surface area contributed by atoms with Gasteiger partial charge in [-0.2, -0.15) is 0 Å². The zero-order chi connectivity index (χ0) is 10.4. The maximum absolute atomic E-state index is 5.69. The SMILES string of the molecule is CCCCCCC1(CBr)CCOC1C. The molecule has 0 aromatic heterocycles. The third-order valence-corrected chi connectivity index (χ3v) is 4.74. The van der Waals surface area contributed by atoms with Crippen LogP contribution in [0.25, 0.3) is 0 Å². The first-order valence-corrected chi connectivity index (χ1v) is 7.05. The highest BCUT2D eigenvalue weighted by Crippen LogP contribution is 2.41. The van der Waals surface area contributed by atoms with Crippen molar-refractivity contribution in [3.05, 3.63) is 0 Å². The smallest absolute Gasteiger partial charge is 0.0612 e. The van der Waals surface area contributed by atoms with Gasteiger partial charge in [-0.15, -0.1) is 0 Å². The van der Waals surface area contributed by atoms with Crippen LogP contribution in [-0.2, 0) is 4.74 Å². The number of hydrogen-bond donors (Lipinski definition) is 0. The van der Waals surface area contributed by atoms with E-state index in [4.69, 9.17) is 4.74 Å². The van der Waals surface area contributed by atoms with Crippen LogP contribution < -0.4 is 0 Å². The van der Waals surface area contributed by atoms with Crippen LogP contribution in [0, 0.1) is 5.41 Å². The summed E-state index contributed by atoms with van der Waals surface area (Å²) in [4.78, 5) is 0. The van der Waals surface area contributed by atoms with Crippen LogP contribution >= 0.6 is 15.9 Å². The van der Waals surface area contributed by atoms with E-state index in [0.717, 1.165) is 11.9 Å². The Kier molecular flexibility index (Phi) is 5.47. The van der Waals surface area contributed by atoms with Crippen molar-refractivity contribution in [2.24, 2.45) is 5.41 Å². The second-order valence-electron chi connectivity index (χ2n) is 4.57. The molecule has 1 aliphatic heterocycles. The van der Waals surface area contributed by atoms with Crippen molar-refractivity contribution in [1.82, 2.24) is 0 Å². The fraction of sp³-hybridized carbons (Fsp3) is 1.00. The van der Waals surface area contributed by atoms with Crippen molar-refractivity contribution in [2.45, 2.75) is 58.5 Å².